The average Bonchev–Trinajstić information content (AvgIpc) is 2.18. The summed E-state index contributed by atoms with van der Waals surface area (Å²) < 4.78 is 0. The lowest BCUT2D eigenvalue weighted by Crippen LogP contribution is -2.50. The highest BCUT2D eigenvalue weighted by molar-refractivity contribution is 5.86. The standard InChI is InChI=1S/C10H18N2O2/c1-2-5-9(13)12-7-4-3-6-8(12)10(11)14/h8H,2-7H2,1H3,(H2,11,14). The highest BCUT2D eigenvalue weighted by Gasteiger charge is 2.29. The average molecular weight is 198 g/mol. The summed E-state index contributed by atoms with van der Waals surface area (Å²) in [6, 6.07) is -0.359. The van der Waals surface area contributed by atoms with E-state index in [1.807, 2.05) is 6.92 Å². The minimum atomic E-state index is -0.367. The van der Waals surface area contributed by atoms with E-state index in [0.29, 0.717) is 13.0 Å². The van der Waals surface area contributed by atoms with Crippen LogP contribution in [0, 0.1) is 0 Å². The van der Waals surface area contributed by atoms with Crippen molar-refractivity contribution in [2.24, 2.45) is 5.73 Å². The van der Waals surface area contributed by atoms with Crippen LogP contribution in [0.3, 0.4) is 0 Å². The van der Waals surface area contributed by atoms with E-state index in [1.165, 1.54) is 0 Å². The number of nitrogens with zero attached hydrogens (tertiary/aromatic N) is 1. The summed E-state index contributed by atoms with van der Waals surface area (Å²) in [5, 5.41) is 0. The van der Waals surface area contributed by atoms with Gasteiger partial charge in [-0.05, 0) is 25.7 Å². The van der Waals surface area contributed by atoms with Crippen LogP contribution in [0.2, 0.25) is 0 Å². The molecule has 2 N–H and O–H groups in total. The van der Waals surface area contributed by atoms with Gasteiger partial charge in [-0.25, -0.2) is 0 Å². The molecule has 0 aromatic carbocycles. The molecule has 0 aromatic heterocycles. The van der Waals surface area contributed by atoms with E-state index in [2.05, 4.69) is 0 Å². The molecule has 1 aliphatic rings. The Morgan fingerprint density at radius 1 is 1.43 bits per heavy atom. The molecule has 0 bridgehead atoms. The molecule has 2 amide bonds. The topological polar surface area (TPSA) is 63.4 Å². The molecule has 0 aromatic rings. The largest absolute Gasteiger partial charge is 0.368 e. The molecule has 1 atom stereocenters. The lowest BCUT2D eigenvalue weighted by Gasteiger charge is -2.33. The predicted octanol–water partition coefficient (Wildman–Crippen LogP) is 0.653. The van der Waals surface area contributed by atoms with Crippen molar-refractivity contribution in [2.75, 3.05) is 6.54 Å². The van der Waals surface area contributed by atoms with E-state index < -0.39 is 0 Å². The fraction of sp³-hybridized carbons (Fsp3) is 0.800. The first-order valence-corrected chi connectivity index (χ1v) is 5.25. The second kappa shape index (κ2) is 4.98. The fourth-order valence-corrected chi connectivity index (χ4v) is 1.88. The van der Waals surface area contributed by atoms with Crippen molar-refractivity contribution in [3.63, 3.8) is 0 Å². The first-order chi connectivity index (χ1) is 6.66. The Morgan fingerprint density at radius 3 is 2.71 bits per heavy atom. The summed E-state index contributed by atoms with van der Waals surface area (Å²) in [5.41, 5.74) is 5.26. The third-order valence-electron chi connectivity index (χ3n) is 2.62. The van der Waals surface area contributed by atoms with E-state index in [-0.39, 0.29) is 17.9 Å². The molecule has 4 heteroatoms. The van der Waals surface area contributed by atoms with Crippen molar-refractivity contribution in [2.45, 2.75) is 45.1 Å². The number of amides is 2. The van der Waals surface area contributed by atoms with Gasteiger partial charge in [-0.3, -0.25) is 9.59 Å². The second-order valence-electron chi connectivity index (χ2n) is 3.75. The number of likely N-dealkylation sites (tertiary alicyclic amines) is 1. The molecular formula is C10H18N2O2. The number of hydrogen-bond donors (Lipinski definition) is 1. The fourth-order valence-electron chi connectivity index (χ4n) is 1.88. The minimum absolute atomic E-state index is 0.0657. The summed E-state index contributed by atoms with van der Waals surface area (Å²) in [5.74, 6) is -0.301. The maximum Gasteiger partial charge on any atom is 0.240 e. The molecule has 0 radical (unpaired) electrons. The van der Waals surface area contributed by atoms with Gasteiger partial charge in [0.05, 0.1) is 0 Å². The number of rotatable bonds is 3. The lowest BCUT2D eigenvalue weighted by atomic mass is 10.0. The van der Waals surface area contributed by atoms with Crippen molar-refractivity contribution >= 4 is 11.8 Å². The summed E-state index contributed by atoms with van der Waals surface area (Å²) in [7, 11) is 0. The summed E-state index contributed by atoms with van der Waals surface area (Å²) in [6.45, 7) is 2.65. The number of carbonyl (C=O) groups excluding carboxylic acids is 2. The van der Waals surface area contributed by atoms with Gasteiger partial charge in [-0.1, -0.05) is 6.92 Å². The highest BCUT2D eigenvalue weighted by atomic mass is 16.2. The quantitative estimate of drug-likeness (QED) is 0.723. The van der Waals surface area contributed by atoms with E-state index in [4.69, 9.17) is 5.73 Å². The molecule has 14 heavy (non-hydrogen) atoms. The van der Waals surface area contributed by atoms with Gasteiger partial charge in [-0.15, -0.1) is 0 Å². The molecule has 80 valence electrons. The van der Waals surface area contributed by atoms with Gasteiger partial charge in [0.1, 0.15) is 6.04 Å². The van der Waals surface area contributed by atoms with Crippen molar-refractivity contribution in [3.8, 4) is 0 Å². The lowest BCUT2D eigenvalue weighted by molar-refractivity contribution is -0.141. The zero-order valence-electron chi connectivity index (χ0n) is 8.66. The molecule has 0 saturated carbocycles. The maximum atomic E-state index is 11.6. The molecular weight excluding hydrogens is 180 g/mol. The number of hydrogen-bond acceptors (Lipinski definition) is 2. The Balaban J connectivity index is 2.62. The Morgan fingerprint density at radius 2 is 2.14 bits per heavy atom. The molecule has 1 fully saturated rings. The van der Waals surface area contributed by atoms with Crippen LogP contribution in [0.5, 0.6) is 0 Å². The third kappa shape index (κ3) is 2.47. The molecule has 1 rings (SSSR count). The van der Waals surface area contributed by atoms with Crippen molar-refractivity contribution in [1.82, 2.24) is 4.90 Å². The van der Waals surface area contributed by atoms with Gasteiger partial charge in [0.2, 0.25) is 11.8 Å². The summed E-state index contributed by atoms with van der Waals surface area (Å²) >= 11 is 0. The van der Waals surface area contributed by atoms with Crippen LogP contribution < -0.4 is 5.73 Å². The Labute approximate surface area is 84.4 Å². The van der Waals surface area contributed by atoms with Gasteiger partial charge in [0.25, 0.3) is 0 Å². The Bertz CT molecular complexity index is 228. The molecule has 1 saturated heterocycles. The zero-order chi connectivity index (χ0) is 10.6. The van der Waals surface area contributed by atoms with E-state index in [0.717, 1.165) is 25.7 Å². The maximum absolute atomic E-state index is 11.6. The van der Waals surface area contributed by atoms with Crippen molar-refractivity contribution in [1.29, 1.82) is 0 Å². The van der Waals surface area contributed by atoms with Gasteiger partial charge >= 0.3 is 0 Å². The van der Waals surface area contributed by atoms with Crippen LogP contribution in [-0.4, -0.2) is 29.3 Å². The van der Waals surface area contributed by atoms with Crippen LogP contribution in [0.15, 0.2) is 0 Å². The van der Waals surface area contributed by atoms with Crippen LogP contribution in [0.4, 0.5) is 0 Å². The van der Waals surface area contributed by atoms with Crippen LogP contribution in [0.1, 0.15) is 39.0 Å². The predicted molar refractivity (Wildman–Crippen MR) is 53.5 cm³/mol. The normalized spacial score (nSPS) is 22.1. The zero-order valence-corrected chi connectivity index (χ0v) is 8.66. The highest BCUT2D eigenvalue weighted by Crippen LogP contribution is 2.17. The number of piperidine rings is 1. The van der Waals surface area contributed by atoms with E-state index in [9.17, 15) is 9.59 Å². The number of carbonyl (C=O) groups is 2. The SMILES string of the molecule is CCCC(=O)N1CCCCC1C(N)=O. The summed E-state index contributed by atoms with van der Waals surface area (Å²) in [6.07, 6.45) is 4.04. The van der Waals surface area contributed by atoms with Crippen LogP contribution in [0.25, 0.3) is 0 Å². The first kappa shape index (κ1) is 11.0. The number of primary amides is 1. The van der Waals surface area contributed by atoms with Gasteiger partial charge in [-0.2, -0.15) is 0 Å². The van der Waals surface area contributed by atoms with Crippen molar-refractivity contribution < 1.29 is 9.59 Å². The molecule has 1 aliphatic heterocycles. The molecule has 1 unspecified atom stereocenters. The molecule has 4 nitrogen and oxygen atoms in total. The van der Waals surface area contributed by atoms with Crippen LogP contribution >= 0.6 is 0 Å². The van der Waals surface area contributed by atoms with Gasteiger partial charge < -0.3 is 10.6 Å². The van der Waals surface area contributed by atoms with Gasteiger partial charge in [0.15, 0.2) is 0 Å². The molecule has 1 heterocycles. The van der Waals surface area contributed by atoms with Gasteiger partial charge in [0, 0.05) is 13.0 Å². The Hall–Kier alpha value is -1.06. The summed E-state index contributed by atoms with van der Waals surface area (Å²) in [4.78, 5) is 24.4. The molecule has 0 spiro atoms. The molecule has 0 aliphatic carbocycles. The minimum Gasteiger partial charge on any atom is -0.368 e. The van der Waals surface area contributed by atoms with E-state index >= 15 is 0 Å². The third-order valence-corrected chi connectivity index (χ3v) is 2.62. The van der Waals surface area contributed by atoms with Crippen LogP contribution in [-0.2, 0) is 9.59 Å². The Kier molecular flexibility index (Phi) is 3.92. The van der Waals surface area contributed by atoms with Crippen molar-refractivity contribution in [3.05, 3.63) is 0 Å². The second-order valence-corrected chi connectivity index (χ2v) is 3.75. The monoisotopic (exact) mass is 198 g/mol. The first-order valence-electron chi connectivity index (χ1n) is 5.25. The number of nitrogens with two attached hydrogens (primary N) is 1. The van der Waals surface area contributed by atoms with E-state index in [1.54, 1.807) is 4.90 Å². The smallest absolute Gasteiger partial charge is 0.240 e.